The zero-order chi connectivity index (χ0) is 31.2. The summed E-state index contributed by atoms with van der Waals surface area (Å²) in [5, 5.41) is 4.86. The van der Waals surface area contributed by atoms with Crippen LogP contribution in [0.15, 0.2) is 60.7 Å². The van der Waals surface area contributed by atoms with Gasteiger partial charge in [-0.1, -0.05) is 30.3 Å². The molecule has 3 aromatic carbocycles. The highest BCUT2D eigenvalue weighted by Gasteiger charge is 2.43. The third kappa shape index (κ3) is 4.97. The third-order valence-electron chi connectivity index (χ3n) is 7.89. The lowest BCUT2D eigenvalue weighted by Crippen LogP contribution is -2.40. The van der Waals surface area contributed by atoms with Crippen molar-refractivity contribution in [2.75, 3.05) is 14.2 Å². The first-order chi connectivity index (χ1) is 21.1. The highest BCUT2D eigenvalue weighted by molar-refractivity contribution is 6.07. The normalized spacial score (nSPS) is 17.4. The Morgan fingerprint density at radius 2 is 1.66 bits per heavy atom. The molecule has 1 atom stereocenters. The van der Waals surface area contributed by atoms with Gasteiger partial charge in [-0.15, -0.1) is 0 Å². The van der Waals surface area contributed by atoms with E-state index in [1.807, 2.05) is 0 Å². The topological polar surface area (TPSA) is 123 Å². The van der Waals surface area contributed by atoms with Crippen LogP contribution in [0.3, 0.4) is 0 Å². The molecule has 0 radical (unpaired) electrons. The van der Waals surface area contributed by atoms with Crippen molar-refractivity contribution in [2.24, 2.45) is 0 Å². The molecule has 4 amide bonds. The molecule has 1 aromatic heterocycles. The number of urea groups is 1. The molecule has 12 heteroatoms. The maximum absolute atomic E-state index is 14.8. The average Bonchev–Trinajstić information content (AvgIpc) is 3.46. The van der Waals surface area contributed by atoms with Crippen LogP contribution >= 0.6 is 0 Å². The van der Waals surface area contributed by atoms with Gasteiger partial charge in [-0.3, -0.25) is 14.9 Å². The van der Waals surface area contributed by atoms with E-state index in [4.69, 9.17) is 9.47 Å². The molecule has 6 rings (SSSR count). The summed E-state index contributed by atoms with van der Waals surface area (Å²) in [7, 11) is 3.07. The molecule has 4 aromatic rings. The smallest absolute Gasteiger partial charge is 0.322 e. The number of hydrogen-bond acceptors (Lipinski definition) is 7. The molecule has 0 unspecified atom stereocenters. The van der Waals surface area contributed by atoms with Crippen molar-refractivity contribution in [3.8, 4) is 22.9 Å². The van der Waals surface area contributed by atoms with Gasteiger partial charge in [0, 0.05) is 18.1 Å². The van der Waals surface area contributed by atoms with Crippen LogP contribution in [-0.4, -0.2) is 46.9 Å². The minimum absolute atomic E-state index is 0.0913. The van der Waals surface area contributed by atoms with Gasteiger partial charge in [0.1, 0.15) is 28.7 Å². The second-order valence-corrected chi connectivity index (χ2v) is 10.7. The van der Waals surface area contributed by atoms with Crippen LogP contribution in [0.25, 0.3) is 11.4 Å². The molecule has 2 N–H and O–H groups in total. The largest absolute Gasteiger partial charge is 0.497 e. The van der Waals surface area contributed by atoms with Crippen LogP contribution in [0.4, 0.5) is 13.6 Å². The van der Waals surface area contributed by atoms with Crippen molar-refractivity contribution in [1.29, 1.82) is 0 Å². The Morgan fingerprint density at radius 1 is 0.932 bits per heavy atom. The van der Waals surface area contributed by atoms with Crippen molar-refractivity contribution in [2.45, 2.75) is 32.0 Å². The molecule has 2 aliphatic rings. The Labute approximate surface area is 251 Å². The molecule has 0 bridgehead atoms. The number of aromatic nitrogens is 2. The first kappa shape index (κ1) is 28.7. The summed E-state index contributed by atoms with van der Waals surface area (Å²) in [4.78, 5) is 48.5. The van der Waals surface area contributed by atoms with Crippen LogP contribution in [0.5, 0.6) is 11.5 Å². The monoisotopic (exact) mass is 599 g/mol. The van der Waals surface area contributed by atoms with Crippen molar-refractivity contribution < 1.29 is 32.6 Å². The van der Waals surface area contributed by atoms with Gasteiger partial charge in [0.15, 0.2) is 5.82 Å². The summed E-state index contributed by atoms with van der Waals surface area (Å²) in [6, 6.07) is 15.1. The third-order valence-corrected chi connectivity index (χ3v) is 7.89. The molecular weight excluding hydrogens is 572 g/mol. The fourth-order valence-corrected chi connectivity index (χ4v) is 5.49. The zero-order valence-corrected chi connectivity index (χ0v) is 24.0. The summed E-state index contributed by atoms with van der Waals surface area (Å²) in [5.74, 6) is -1.48. The highest BCUT2D eigenvalue weighted by atomic mass is 19.1. The fraction of sp³-hybridized carbons (Fsp3) is 0.219. The van der Waals surface area contributed by atoms with Gasteiger partial charge in [-0.2, -0.15) is 0 Å². The molecule has 0 saturated carbocycles. The zero-order valence-electron chi connectivity index (χ0n) is 24.0. The van der Waals surface area contributed by atoms with E-state index in [1.165, 1.54) is 13.2 Å². The number of benzene rings is 3. The van der Waals surface area contributed by atoms with Crippen molar-refractivity contribution in [1.82, 2.24) is 25.5 Å². The number of methoxy groups -OCH3 is 2. The highest BCUT2D eigenvalue weighted by Crippen LogP contribution is 2.34. The van der Waals surface area contributed by atoms with Gasteiger partial charge >= 0.3 is 6.03 Å². The Bertz CT molecular complexity index is 1810. The Kier molecular flexibility index (Phi) is 7.20. The molecule has 2 aliphatic heterocycles. The number of fused-ring (bicyclic) bond motifs is 1. The van der Waals surface area contributed by atoms with E-state index in [-0.39, 0.29) is 42.4 Å². The first-order valence-corrected chi connectivity index (χ1v) is 13.7. The van der Waals surface area contributed by atoms with Gasteiger partial charge < -0.3 is 19.7 Å². The average molecular weight is 600 g/mol. The molecule has 0 aliphatic carbocycles. The molecule has 44 heavy (non-hydrogen) atoms. The maximum atomic E-state index is 14.8. The van der Waals surface area contributed by atoms with Gasteiger partial charge in [0.25, 0.3) is 11.8 Å². The van der Waals surface area contributed by atoms with Crippen molar-refractivity contribution in [3.05, 3.63) is 106 Å². The van der Waals surface area contributed by atoms with Gasteiger partial charge in [-0.05, 0) is 42.3 Å². The van der Waals surface area contributed by atoms with Gasteiger partial charge in [0.05, 0.1) is 49.8 Å². The lowest BCUT2D eigenvalue weighted by molar-refractivity contribution is -0.123. The number of rotatable bonds is 8. The molecule has 1 saturated heterocycles. The Morgan fingerprint density at radius 3 is 2.30 bits per heavy atom. The summed E-state index contributed by atoms with van der Waals surface area (Å²) in [6.45, 7) is 1.88. The van der Waals surface area contributed by atoms with E-state index in [9.17, 15) is 23.2 Å². The Hall–Kier alpha value is -5.39. The predicted octanol–water partition coefficient (Wildman–Crippen LogP) is 4.24. The van der Waals surface area contributed by atoms with Gasteiger partial charge in [0.2, 0.25) is 0 Å². The first-order valence-electron chi connectivity index (χ1n) is 13.7. The molecule has 224 valence electrons. The lowest BCUT2D eigenvalue weighted by Gasteiger charge is -2.21. The minimum atomic E-state index is -1.24. The SMILES string of the molecule is COc1ccc(CN2Cc3nc(-c4c(F)cccc4F)nc(Cc4ccc([C@]5(C)NC(=O)NC5=O)cc4)c3C2=O)c(OC)c1. The number of hydrogen-bond donors (Lipinski definition) is 2. The molecular formula is C32H27F2N5O5. The van der Waals surface area contributed by atoms with E-state index in [2.05, 4.69) is 20.6 Å². The number of carbonyl (C=O) groups excluding carboxylic acids is 3. The van der Waals surface area contributed by atoms with Crippen molar-refractivity contribution in [3.63, 3.8) is 0 Å². The van der Waals surface area contributed by atoms with Crippen LogP contribution in [0.1, 0.15) is 45.4 Å². The summed E-state index contributed by atoms with van der Waals surface area (Å²) in [6.07, 6.45) is 0.134. The van der Waals surface area contributed by atoms with E-state index in [0.29, 0.717) is 34.0 Å². The van der Waals surface area contributed by atoms with E-state index in [0.717, 1.165) is 17.7 Å². The summed E-state index contributed by atoms with van der Waals surface area (Å²) in [5.41, 5.74) is 1.29. The second kappa shape index (κ2) is 11.0. The number of amides is 4. The standard InChI is InChI=1S/C32H27F2N5O5/c1-32(30(41)37-31(42)38-32)19-10-7-17(8-11-19)13-23-27-24(36-28(35-23)26-21(33)5-4-6-22(26)34)16-39(29(27)40)15-18-9-12-20(43-2)14-25(18)44-3/h4-12,14H,13,15-16H2,1-3H3,(H2,37,38,41,42)/t32-/m0/s1. The predicted molar refractivity (Wildman–Crippen MR) is 154 cm³/mol. The number of nitrogens with zero attached hydrogens (tertiary/aromatic N) is 3. The van der Waals surface area contributed by atoms with Crippen LogP contribution < -0.4 is 20.1 Å². The number of halogens is 2. The van der Waals surface area contributed by atoms with Crippen molar-refractivity contribution >= 4 is 17.8 Å². The Balaban J connectivity index is 1.37. The molecule has 10 nitrogen and oxygen atoms in total. The van der Waals surface area contributed by atoms with Gasteiger partial charge in [-0.25, -0.2) is 23.5 Å². The second-order valence-electron chi connectivity index (χ2n) is 10.7. The van der Waals surface area contributed by atoms with E-state index >= 15 is 0 Å². The number of nitrogens with one attached hydrogen (secondary N) is 2. The molecule has 0 spiro atoms. The number of carbonyl (C=O) groups is 3. The van der Waals surface area contributed by atoms with E-state index < -0.39 is 29.1 Å². The summed E-state index contributed by atoms with van der Waals surface area (Å²) >= 11 is 0. The molecule has 3 heterocycles. The van der Waals surface area contributed by atoms with E-state index in [1.54, 1.807) is 61.4 Å². The number of imide groups is 1. The summed E-state index contributed by atoms with van der Waals surface area (Å²) < 4.78 is 40.5. The molecule has 1 fully saturated rings. The quantitative estimate of drug-likeness (QED) is 0.291. The fourth-order valence-electron chi connectivity index (χ4n) is 5.49. The van der Waals surface area contributed by atoms with Crippen LogP contribution in [-0.2, 0) is 29.8 Å². The minimum Gasteiger partial charge on any atom is -0.497 e. The maximum Gasteiger partial charge on any atom is 0.322 e. The lowest BCUT2D eigenvalue weighted by atomic mass is 9.91. The van der Waals surface area contributed by atoms with Crippen LogP contribution in [0.2, 0.25) is 0 Å². The van der Waals surface area contributed by atoms with Crippen LogP contribution in [0, 0.1) is 11.6 Å². The number of ether oxygens (including phenoxy) is 2.